The van der Waals surface area contributed by atoms with Crippen molar-refractivity contribution in [2.24, 2.45) is 17.8 Å². The molecule has 0 aliphatic carbocycles. The molecule has 0 saturated carbocycles. The molecule has 8 nitrogen and oxygen atoms in total. The SMILES string of the molecule is CCCCCCCCC(CCCCCC)C(=O)OCCCCCCC(CCCCC)(NCCOCCOCCO)C(CCCC)CCCC(CCCCCC)C(=O)O. The van der Waals surface area contributed by atoms with Crippen molar-refractivity contribution < 1.29 is 34.0 Å². The Hall–Kier alpha value is -1.22. The molecule has 0 bridgehead atoms. The van der Waals surface area contributed by atoms with Crippen LogP contribution in [0.25, 0.3) is 0 Å². The molecule has 3 N–H and O–H groups in total. The molecule has 8 heteroatoms. The second-order valence-corrected chi connectivity index (χ2v) is 17.6. The zero-order valence-corrected chi connectivity index (χ0v) is 39.2. The number of aliphatic carboxylic acids is 1. The number of hydrogen-bond acceptors (Lipinski definition) is 7. The maximum atomic E-state index is 13.2. The highest BCUT2D eigenvalue weighted by atomic mass is 16.5. The molecule has 0 aromatic carbocycles. The van der Waals surface area contributed by atoms with Crippen molar-refractivity contribution in [1.82, 2.24) is 5.32 Å². The average molecular weight is 826 g/mol. The van der Waals surface area contributed by atoms with E-state index in [0.29, 0.717) is 39.0 Å². The van der Waals surface area contributed by atoms with Gasteiger partial charge in [0.15, 0.2) is 0 Å². The van der Waals surface area contributed by atoms with Crippen molar-refractivity contribution in [2.75, 3.05) is 46.2 Å². The van der Waals surface area contributed by atoms with E-state index in [2.05, 4.69) is 39.9 Å². The number of nitrogens with one attached hydrogen (secondary N) is 1. The zero-order valence-electron chi connectivity index (χ0n) is 39.2. The Balaban J connectivity index is 5.60. The fourth-order valence-electron chi connectivity index (χ4n) is 8.83. The van der Waals surface area contributed by atoms with E-state index in [1.54, 1.807) is 0 Å². The highest BCUT2D eigenvalue weighted by Crippen LogP contribution is 2.38. The van der Waals surface area contributed by atoms with Gasteiger partial charge in [0.05, 0.1) is 51.5 Å². The van der Waals surface area contributed by atoms with Gasteiger partial charge in [0.1, 0.15) is 0 Å². The van der Waals surface area contributed by atoms with Crippen molar-refractivity contribution in [3.63, 3.8) is 0 Å². The Morgan fingerprint density at radius 3 is 1.52 bits per heavy atom. The van der Waals surface area contributed by atoms with Crippen molar-refractivity contribution in [1.29, 1.82) is 0 Å². The summed E-state index contributed by atoms with van der Waals surface area (Å²) in [5.74, 6) is -0.291. The normalized spacial score (nSPS) is 14.3. The van der Waals surface area contributed by atoms with Crippen molar-refractivity contribution >= 4 is 11.9 Å². The van der Waals surface area contributed by atoms with Crippen LogP contribution >= 0.6 is 0 Å². The summed E-state index contributed by atoms with van der Waals surface area (Å²) >= 11 is 0. The van der Waals surface area contributed by atoms with Crippen LogP contribution in [0.2, 0.25) is 0 Å². The summed E-state index contributed by atoms with van der Waals surface area (Å²) in [4.78, 5) is 25.5. The molecule has 0 aromatic heterocycles. The molecule has 0 aliphatic rings. The molecule has 0 heterocycles. The first-order valence-corrected chi connectivity index (χ1v) is 25.3. The van der Waals surface area contributed by atoms with Crippen LogP contribution in [0.15, 0.2) is 0 Å². The van der Waals surface area contributed by atoms with Gasteiger partial charge in [-0.15, -0.1) is 0 Å². The van der Waals surface area contributed by atoms with Crippen LogP contribution in [0.5, 0.6) is 0 Å². The molecule has 0 amide bonds. The topological polar surface area (TPSA) is 114 Å². The summed E-state index contributed by atoms with van der Waals surface area (Å²) in [6.07, 6.45) is 35.8. The minimum Gasteiger partial charge on any atom is -0.481 e. The molecule has 0 rings (SSSR count). The smallest absolute Gasteiger partial charge is 0.308 e. The minimum absolute atomic E-state index is 0.0189. The number of carbonyl (C=O) groups is 2. The van der Waals surface area contributed by atoms with E-state index >= 15 is 0 Å². The summed E-state index contributed by atoms with van der Waals surface area (Å²) in [6.45, 7) is 14.5. The standard InChI is InChI=1S/C50H99NO7/c1-6-11-16-19-20-25-32-46(31-24-18-13-8-3)49(55)58-40-28-22-21-27-37-50(36-26-14-9-4,51-38-41-56-43-44-57-42-39-52)47(34-15-10-5)35-29-33-45(48(53)54)30-23-17-12-7-2/h45-47,51-52H,6-44H2,1-5H3,(H,53,54). The quantitative estimate of drug-likeness (QED) is 0.0411. The van der Waals surface area contributed by atoms with Gasteiger partial charge in [-0.3, -0.25) is 9.59 Å². The number of ether oxygens (including phenoxy) is 3. The number of rotatable bonds is 47. The van der Waals surface area contributed by atoms with E-state index in [0.717, 1.165) is 122 Å². The van der Waals surface area contributed by atoms with E-state index in [-0.39, 0.29) is 30.0 Å². The fourth-order valence-corrected chi connectivity index (χ4v) is 8.83. The summed E-state index contributed by atoms with van der Waals surface area (Å²) in [7, 11) is 0. The predicted octanol–water partition coefficient (Wildman–Crippen LogP) is 13.4. The molecule has 0 fully saturated rings. The maximum absolute atomic E-state index is 13.2. The summed E-state index contributed by atoms with van der Waals surface area (Å²) in [5.41, 5.74) is -0.0189. The van der Waals surface area contributed by atoms with Crippen molar-refractivity contribution in [3.8, 4) is 0 Å². The van der Waals surface area contributed by atoms with Gasteiger partial charge in [-0.05, 0) is 63.7 Å². The van der Waals surface area contributed by atoms with Gasteiger partial charge in [-0.25, -0.2) is 0 Å². The third-order valence-corrected chi connectivity index (χ3v) is 12.5. The van der Waals surface area contributed by atoms with Gasteiger partial charge in [0, 0.05) is 12.1 Å². The highest BCUT2D eigenvalue weighted by molar-refractivity contribution is 5.72. The molecule has 4 unspecified atom stereocenters. The number of unbranched alkanes of at least 4 members (excludes halogenated alkanes) is 17. The fraction of sp³-hybridized carbons (Fsp3) is 0.960. The maximum Gasteiger partial charge on any atom is 0.308 e. The Labute approximate surface area is 359 Å². The molecule has 0 radical (unpaired) electrons. The van der Waals surface area contributed by atoms with E-state index in [9.17, 15) is 14.7 Å². The molecule has 4 atom stereocenters. The number of aliphatic hydroxyl groups excluding tert-OH is 1. The lowest BCUT2D eigenvalue weighted by Crippen LogP contribution is -2.52. The van der Waals surface area contributed by atoms with Crippen LogP contribution in [0.3, 0.4) is 0 Å². The van der Waals surface area contributed by atoms with Crippen LogP contribution < -0.4 is 5.32 Å². The lowest BCUT2D eigenvalue weighted by atomic mass is 9.71. The predicted molar refractivity (Wildman–Crippen MR) is 245 cm³/mol. The van der Waals surface area contributed by atoms with Gasteiger partial charge in [-0.1, -0.05) is 182 Å². The largest absolute Gasteiger partial charge is 0.481 e. The second-order valence-electron chi connectivity index (χ2n) is 17.6. The third-order valence-electron chi connectivity index (χ3n) is 12.5. The van der Waals surface area contributed by atoms with Gasteiger partial charge < -0.3 is 29.7 Å². The lowest BCUT2D eigenvalue weighted by molar-refractivity contribution is -0.149. The van der Waals surface area contributed by atoms with E-state index in [1.165, 1.54) is 89.9 Å². The Morgan fingerprint density at radius 2 is 0.931 bits per heavy atom. The van der Waals surface area contributed by atoms with Gasteiger partial charge in [0.25, 0.3) is 0 Å². The van der Waals surface area contributed by atoms with Crippen LogP contribution in [0.4, 0.5) is 0 Å². The first-order chi connectivity index (χ1) is 28.3. The van der Waals surface area contributed by atoms with Gasteiger partial charge in [0.2, 0.25) is 0 Å². The summed E-state index contributed by atoms with van der Waals surface area (Å²) in [5, 5.41) is 23.2. The van der Waals surface area contributed by atoms with E-state index < -0.39 is 5.97 Å². The Morgan fingerprint density at radius 1 is 0.483 bits per heavy atom. The minimum atomic E-state index is -0.625. The Kier molecular flexibility index (Phi) is 41.6. The monoisotopic (exact) mass is 826 g/mol. The summed E-state index contributed by atoms with van der Waals surface area (Å²) in [6, 6.07) is 0. The van der Waals surface area contributed by atoms with Crippen LogP contribution in [0.1, 0.15) is 240 Å². The van der Waals surface area contributed by atoms with Gasteiger partial charge >= 0.3 is 11.9 Å². The first-order valence-electron chi connectivity index (χ1n) is 25.3. The highest BCUT2D eigenvalue weighted by Gasteiger charge is 2.37. The molecular weight excluding hydrogens is 727 g/mol. The number of carboxylic acid groups (broad SMARTS) is 1. The van der Waals surface area contributed by atoms with Crippen LogP contribution in [0, 0.1) is 17.8 Å². The van der Waals surface area contributed by atoms with Crippen molar-refractivity contribution in [3.05, 3.63) is 0 Å². The van der Waals surface area contributed by atoms with E-state index in [4.69, 9.17) is 19.3 Å². The number of aliphatic hydroxyl groups is 1. The number of carbonyl (C=O) groups excluding carboxylic acids is 1. The molecule has 0 aromatic rings. The lowest BCUT2D eigenvalue weighted by Gasteiger charge is -2.43. The Bertz CT molecular complexity index is 888. The molecule has 58 heavy (non-hydrogen) atoms. The third kappa shape index (κ3) is 31.6. The average Bonchev–Trinajstić information content (AvgIpc) is 3.22. The van der Waals surface area contributed by atoms with Crippen LogP contribution in [-0.4, -0.2) is 73.9 Å². The molecular formula is C50H99NO7. The first kappa shape index (κ1) is 56.8. The zero-order chi connectivity index (χ0) is 42.8. The van der Waals surface area contributed by atoms with Crippen LogP contribution in [-0.2, 0) is 23.8 Å². The molecule has 0 spiro atoms. The molecule has 0 saturated heterocycles. The number of hydrogen-bond donors (Lipinski definition) is 3. The number of carboxylic acids is 1. The molecule has 346 valence electrons. The summed E-state index contributed by atoms with van der Waals surface area (Å²) < 4.78 is 17.3. The number of esters is 1. The van der Waals surface area contributed by atoms with Gasteiger partial charge in [-0.2, -0.15) is 0 Å². The van der Waals surface area contributed by atoms with Crippen molar-refractivity contribution in [2.45, 2.75) is 246 Å². The van der Waals surface area contributed by atoms with E-state index in [1.807, 2.05) is 0 Å². The second kappa shape index (κ2) is 42.5. The molecule has 0 aliphatic heterocycles.